The zero-order valence-electron chi connectivity index (χ0n) is 14.8. The number of nitrogens with zero attached hydrogens (tertiary/aromatic N) is 4. The Balaban J connectivity index is 1.68. The van der Waals surface area contributed by atoms with Crippen LogP contribution in [0.15, 0.2) is 28.2 Å². The lowest BCUT2D eigenvalue weighted by molar-refractivity contribution is -0.407. The van der Waals surface area contributed by atoms with Gasteiger partial charge >= 0.3 is 11.9 Å². The van der Waals surface area contributed by atoms with Gasteiger partial charge in [-0.3, -0.25) is 4.79 Å². The third-order valence-electron chi connectivity index (χ3n) is 4.79. The summed E-state index contributed by atoms with van der Waals surface area (Å²) < 4.78 is 1.44. The number of carbonyl (C=O) groups excluding carboxylic acids is 2. The first-order valence-electron chi connectivity index (χ1n) is 8.53. The Bertz CT molecular complexity index is 953. The van der Waals surface area contributed by atoms with Crippen LogP contribution in [0, 0.1) is 11.8 Å². The molecule has 27 heavy (non-hydrogen) atoms. The molecule has 4 rings (SSSR count). The van der Waals surface area contributed by atoms with Crippen LogP contribution >= 0.6 is 35.0 Å². The molecule has 140 valence electrons. The molecule has 1 aliphatic carbocycles. The fourth-order valence-electron chi connectivity index (χ4n) is 3.02. The van der Waals surface area contributed by atoms with Gasteiger partial charge in [-0.25, -0.2) is 9.79 Å². The van der Waals surface area contributed by atoms with Crippen LogP contribution in [0.3, 0.4) is 0 Å². The van der Waals surface area contributed by atoms with Crippen molar-refractivity contribution in [2.45, 2.75) is 18.6 Å². The third kappa shape index (κ3) is 3.44. The highest BCUT2D eigenvalue weighted by molar-refractivity contribution is 8.13. The average molecular weight is 424 g/mol. The quantitative estimate of drug-likeness (QED) is 0.696. The first-order valence-corrected chi connectivity index (χ1v) is 10.3. The van der Waals surface area contributed by atoms with Crippen molar-refractivity contribution in [3.63, 3.8) is 0 Å². The second-order valence-electron chi connectivity index (χ2n) is 6.75. The maximum atomic E-state index is 12.8. The number of urea groups is 1. The molecule has 3 amide bonds. The topological polar surface area (TPSA) is 65.1 Å². The second-order valence-corrected chi connectivity index (χ2v) is 8.59. The lowest BCUT2D eigenvalue weighted by Crippen LogP contribution is -2.54. The van der Waals surface area contributed by atoms with E-state index in [1.54, 1.807) is 19.2 Å². The van der Waals surface area contributed by atoms with Crippen molar-refractivity contribution < 1.29 is 14.2 Å². The van der Waals surface area contributed by atoms with Gasteiger partial charge in [0.2, 0.25) is 5.84 Å². The number of carbonyl (C=O) groups is 2. The lowest BCUT2D eigenvalue weighted by Gasteiger charge is -2.26. The Kier molecular flexibility index (Phi) is 4.86. The van der Waals surface area contributed by atoms with Gasteiger partial charge in [0, 0.05) is 21.7 Å². The summed E-state index contributed by atoms with van der Waals surface area (Å²) >= 11 is 13.7. The van der Waals surface area contributed by atoms with Crippen LogP contribution in [-0.2, 0) is 10.5 Å². The van der Waals surface area contributed by atoms with Crippen LogP contribution in [0.25, 0.3) is 0 Å². The molecule has 3 aliphatic rings. The van der Waals surface area contributed by atoms with E-state index in [1.165, 1.54) is 23.4 Å². The first-order chi connectivity index (χ1) is 12.9. The zero-order valence-corrected chi connectivity index (χ0v) is 17.1. The molecule has 2 aliphatic heterocycles. The van der Waals surface area contributed by atoms with Crippen molar-refractivity contribution in [1.82, 2.24) is 4.90 Å². The Morgan fingerprint density at radius 1 is 1.26 bits per heavy atom. The molecule has 1 aromatic carbocycles. The molecule has 0 N–H and O–H groups in total. The van der Waals surface area contributed by atoms with E-state index in [4.69, 9.17) is 23.2 Å². The van der Waals surface area contributed by atoms with E-state index >= 15 is 0 Å². The number of hydrogen-bond donors (Lipinski definition) is 0. The summed E-state index contributed by atoms with van der Waals surface area (Å²) in [6.07, 6.45) is 2.07. The van der Waals surface area contributed by atoms with Crippen molar-refractivity contribution in [3.05, 3.63) is 33.8 Å². The molecule has 1 atom stereocenters. The summed E-state index contributed by atoms with van der Waals surface area (Å²) in [5, 5.41) is 1.81. The molecule has 1 saturated carbocycles. The number of thioether (sulfide) groups is 1. The number of fused-ring (bicyclic) bond motifs is 1. The van der Waals surface area contributed by atoms with Gasteiger partial charge in [-0.15, -0.1) is 11.8 Å². The molecule has 1 aromatic rings. The normalized spacial score (nSPS) is 22.7. The van der Waals surface area contributed by atoms with Crippen molar-refractivity contribution in [2.24, 2.45) is 21.8 Å². The van der Waals surface area contributed by atoms with Crippen molar-refractivity contribution in [1.29, 1.82) is 0 Å². The number of imide groups is 1. The zero-order chi connectivity index (χ0) is 19.3. The smallest absolute Gasteiger partial charge is 0.255 e. The molecular formula is C18H17Cl2N4O2S+. The van der Waals surface area contributed by atoms with E-state index in [-0.39, 0.29) is 11.9 Å². The monoisotopic (exact) mass is 423 g/mol. The van der Waals surface area contributed by atoms with E-state index in [1.807, 2.05) is 6.07 Å². The fourth-order valence-corrected chi connectivity index (χ4v) is 4.66. The molecule has 1 unspecified atom stereocenters. The number of halogens is 2. The minimum absolute atomic E-state index is 0.305. The Hall–Kier alpha value is -1.70. The number of aliphatic imine (C=N–C) groups is 2. The SMILES string of the molecule is CN1C(=O)C2C(SCc3ccc(Cl)cc3Cl)=NC(C3CC3)=NC2=[N+](C)C1=O. The number of hydrogen-bond acceptors (Lipinski definition) is 5. The molecule has 0 bridgehead atoms. The highest BCUT2D eigenvalue weighted by Gasteiger charge is 2.50. The lowest BCUT2D eigenvalue weighted by atomic mass is 10.0. The Morgan fingerprint density at radius 2 is 2.00 bits per heavy atom. The molecule has 2 heterocycles. The molecule has 0 aromatic heterocycles. The van der Waals surface area contributed by atoms with Gasteiger partial charge in [0.15, 0.2) is 5.92 Å². The second kappa shape index (κ2) is 7.04. The molecule has 6 nitrogen and oxygen atoms in total. The molecule has 0 spiro atoms. The van der Waals surface area contributed by atoms with Gasteiger partial charge in [-0.05, 0) is 30.5 Å². The van der Waals surface area contributed by atoms with Crippen LogP contribution in [0.1, 0.15) is 18.4 Å². The fraction of sp³-hybridized carbons (Fsp3) is 0.389. The highest BCUT2D eigenvalue weighted by atomic mass is 35.5. The maximum Gasteiger partial charge on any atom is 0.445 e. The Labute approximate surface area is 171 Å². The number of rotatable bonds is 3. The van der Waals surface area contributed by atoms with Crippen molar-refractivity contribution in [3.8, 4) is 0 Å². The molecule has 1 fully saturated rings. The summed E-state index contributed by atoms with van der Waals surface area (Å²) in [4.78, 5) is 35.5. The van der Waals surface area contributed by atoms with Gasteiger partial charge in [-0.1, -0.05) is 34.3 Å². The predicted molar refractivity (Wildman–Crippen MR) is 108 cm³/mol. The molecule has 9 heteroatoms. The summed E-state index contributed by atoms with van der Waals surface area (Å²) in [5.74, 6) is 1.07. The standard InChI is InChI=1S/C18H17Cl2N4O2S/c1-23-15-13(17(25)24(2)18(23)26)16(22-14(21-15)9-3-4-9)27-8-10-5-6-11(19)7-12(10)20/h5-7,9,13H,3-4,8H2,1-2H3/q+1. The van der Waals surface area contributed by atoms with Gasteiger partial charge in [0.25, 0.3) is 5.84 Å². The van der Waals surface area contributed by atoms with Gasteiger partial charge < -0.3 is 0 Å². The molecule has 0 radical (unpaired) electrons. The maximum absolute atomic E-state index is 12.8. The van der Waals surface area contributed by atoms with Crippen LogP contribution < -0.4 is 0 Å². The van der Waals surface area contributed by atoms with Gasteiger partial charge in [-0.2, -0.15) is 9.48 Å². The summed E-state index contributed by atoms with van der Waals surface area (Å²) in [5.41, 5.74) is 0.909. The molecule has 0 saturated heterocycles. The van der Waals surface area contributed by atoms with E-state index in [0.29, 0.717) is 38.4 Å². The van der Waals surface area contributed by atoms with Crippen LogP contribution in [0.5, 0.6) is 0 Å². The number of amides is 3. The summed E-state index contributed by atoms with van der Waals surface area (Å²) in [6, 6.07) is 4.97. The minimum Gasteiger partial charge on any atom is -0.255 e. The van der Waals surface area contributed by atoms with E-state index in [2.05, 4.69) is 9.98 Å². The third-order valence-corrected chi connectivity index (χ3v) is 6.45. The van der Waals surface area contributed by atoms with Crippen LogP contribution in [-0.4, -0.2) is 52.2 Å². The van der Waals surface area contributed by atoms with Crippen LogP contribution in [0.2, 0.25) is 10.0 Å². The minimum atomic E-state index is -0.656. The van der Waals surface area contributed by atoms with E-state index < -0.39 is 5.92 Å². The molecular weight excluding hydrogens is 407 g/mol. The summed E-state index contributed by atoms with van der Waals surface area (Å²) in [6.45, 7) is 0. The van der Waals surface area contributed by atoms with Gasteiger partial charge in [0.05, 0.1) is 14.1 Å². The highest BCUT2D eigenvalue weighted by Crippen LogP contribution is 2.36. The average Bonchev–Trinajstić information content (AvgIpc) is 3.48. The Morgan fingerprint density at radius 3 is 2.67 bits per heavy atom. The van der Waals surface area contributed by atoms with Crippen LogP contribution in [0.4, 0.5) is 4.79 Å². The van der Waals surface area contributed by atoms with E-state index in [9.17, 15) is 9.59 Å². The van der Waals surface area contributed by atoms with Gasteiger partial charge in [0.1, 0.15) is 5.04 Å². The summed E-state index contributed by atoms with van der Waals surface area (Å²) in [7, 11) is 3.13. The van der Waals surface area contributed by atoms with Crippen molar-refractivity contribution >= 4 is 63.6 Å². The number of amidine groups is 2. The number of benzene rings is 1. The first kappa shape index (κ1) is 18.7. The predicted octanol–water partition coefficient (Wildman–Crippen LogP) is 3.70. The van der Waals surface area contributed by atoms with E-state index in [0.717, 1.165) is 23.3 Å². The largest absolute Gasteiger partial charge is 0.445 e. The van der Waals surface area contributed by atoms with Crippen molar-refractivity contribution in [2.75, 3.05) is 14.1 Å².